The third kappa shape index (κ3) is 14.0. The average molecular weight is 663 g/mol. The number of carbonyl (C=O) groups excluding carboxylic acids is 2. The lowest BCUT2D eigenvalue weighted by atomic mass is 10.1. The molecule has 0 radical (unpaired) electrons. The molecule has 11 nitrogen and oxygen atoms in total. The van der Waals surface area contributed by atoms with Gasteiger partial charge in [-0.05, 0) is 56.0 Å². The van der Waals surface area contributed by atoms with E-state index >= 15 is 0 Å². The molecule has 0 aliphatic heterocycles. The van der Waals surface area contributed by atoms with Crippen LogP contribution in [0.3, 0.4) is 0 Å². The van der Waals surface area contributed by atoms with Crippen molar-refractivity contribution in [3.8, 4) is 0 Å². The number of amides is 1. The van der Waals surface area contributed by atoms with Crippen LogP contribution in [0.15, 0.2) is 53.8 Å². The Morgan fingerprint density at radius 3 is 2.07 bits per heavy atom. The Morgan fingerprint density at radius 2 is 1.53 bits per heavy atom. The maximum atomic E-state index is 11.8. The van der Waals surface area contributed by atoms with Crippen LogP contribution in [0, 0.1) is 0 Å². The number of nitrogens with zero attached hydrogens (tertiary/aromatic N) is 3. The number of aryl methyl sites for hydroxylation is 2. The highest BCUT2D eigenvalue weighted by atomic mass is 32.3. The van der Waals surface area contributed by atoms with Crippen molar-refractivity contribution in [2.45, 2.75) is 63.0 Å². The molecule has 1 aromatic heterocycles. The van der Waals surface area contributed by atoms with Gasteiger partial charge < -0.3 is 8.86 Å². The number of rotatable bonds is 13. The minimum absolute atomic E-state index is 0.401. The molecule has 2 rings (SSSR count). The maximum absolute atomic E-state index is 11.8. The second kappa shape index (κ2) is 16.9. The van der Waals surface area contributed by atoms with E-state index in [4.69, 9.17) is 4.74 Å². The number of aliphatic imine (C=N–C) groups is 1. The molecule has 1 amide bonds. The van der Waals surface area contributed by atoms with Gasteiger partial charge in [0.2, 0.25) is 6.08 Å². The quantitative estimate of drug-likeness (QED) is 0.0940. The van der Waals surface area contributed by atoms with E-state index in [1.54, 1.807) is 24.3 Å². The first-order valence-corrected chi connectivity index (χ1v) is 15.3. The van der Waals surface area contributed by atoms with E-state index in [0.29, 0.717) is 18.0 Å². The second-order valence-corrected chi connectivity index (χ2v) is 12.0. The number of sulfonamides is 2. The highest BCUT2D eigenvalue weighted by molar-refractivity contribution is 8.13. The summed E-state index contributed by atoms with van der Waals surface area (Å²) in [4.78, 5) is 25.4. The summed E-state index contributed by atoms with van der Waals surface area (Å²) in [6, 6.07) is 10.8. The zero-order valence-electron chi connectivity index (χ0n) is 22.6. The van der Waals surface area contributed by atoms with Crippen LogP contribution in [-0.2, 0) is 42.5 Å². The number of benzene rings is 1. The van der Waals surface area contributed by atoms with E-state index in [9.17, 15) is 52.8 Å². The van der Waals surface area contributed by atoms with E-state index < -0.39 is 37.2 Å². The van der Waals surface area contributed by atoms with Crippen molar-refractivity contribution in [1.82, 2.24) is 0 Å². The Labute approximate surface area is 244 Å². The van der Waals surface area contributed by atoms with Gasteiger partial charge in [-0.1, -0.05) is 13.3 Å². The van der Waals surface area contributed by atoms with Crippen LogP contribution in [0.1, 0.15) is 44.6 Å². The Hall–Kier alpha value is -3.54. The van der Waals surface area contributed by atoms with Gasteiger partial charge in [0.25, 0.3) is 0 Å². The lowest BCUT2D eigenvalue weighted by Crippen LogP contribution is -2.33. The molecule has 19 heteroatoms. The number of aromatic nitrogens is 1. The minimum Gasteiger partial charge on any atom is -0.449 e. The van der Waals surface area contributed by atoms with Crippen molar-refractivity contribution >= 4 is 43.6 Å². The largest absolute Gasteiger partial charge is 0.480 e. The molecule has 0 saturated carbocycles. The predicted molar refractivity (Wildman–Crippen MR) is 142 cm³/mol. The third-order valence-corrected chi connectivity index (χ3v) is 7.81. The molecule has 1 aromatic carbocycles. The first-order valence-electron chi connectivity index (χ1n) is 12.4. The van der Waals surface area contributed by atoms with E-state index in [0.717, 1.165) is 49.2 Å². The number of carbonyl (C=O) groups is 1. The summed E-state index contributed by atoms with van der Waals surface area (Å²) in [7, 11) is -13.4. The fourth-order valence-electron chi connectivity index (χ4n) is 3.11. The van der Waals surface area contributed by atoms with E-state index in [1.807, 2.05) is 0 Å². The standard InChI is InChI=1S/C22H27N3O3.C2F6NO4S2/c1-2-8-19-9-7-15-25(17-19)14-5-3-4-6-16-28-22(27)24-21-12-10-20(11-13-21)23-18-26;3-1(4,5)14(10,11)9-15(12,13)2(6,7)8/h7,9-13,15,17H,2-6,8,14,16H2,1H3;/q;-1/p+1. The highest BCUT2D eigenvalue weighted by Crippen LogP contribution is 2.36. The van der Waals surface area contributed by atoms with Crippen molar-refractivity contribution in [3.05, 3.63) is 58.5 Å². The number of isocyanates is 1. The van der Waals surface area contributed by atoms with Crippen LogP contribution in [-0.4, -0.2) is 46.6 Å². The maximum Gasteiger partial charge on any atom is 0.480 e. The molecule has 0 saturated heterocycles. The van der Waals surface area contributed by atoms with Crippen molar-refractivity contribution in [3.63, 3.8) is 0 Å². The van der Waals surface area contributed by atoms with Gasteiger partial charge in [0.05, 0.1) is 12.3 Å². The van der Waals surface area contributed by atoms with Gasteiger partial charge in [0, 0.05) is 23.7 Å². The van der Waals surface area contributed by atoms with Crippen LogP contribution < -0.4 is 9.88 Å². The van der Waals surface area contributed by atoms with Gasteiger partial charge in [-0.15, -0.1) is 0 Å². The number of hydrogen-bond donors (Lipinski definition) is 1. The van der Waals surface area contributed by atoms with Crippen LogP contribution in [0.2, 0.25) is 0 Å². The number of halogens is 6. The molecule has 0 fully saturated rings. The molecular weight excluding hydrogens is 634 g/mol. The van der Waals surface area contributed by atoms with Crippen LogP contribution in [0.4, 0.5) is 42.5 Å². The molecule has 1 heterocycles. The number of unbranched alkanes of at least 4 members (excludes halogenated alkanes) is 3. The lowest BCUT2D eigenvalue weighted by Gasteiger charge is -2.22. The number of nitrogens with one attached hydrogen (secondary N) is 1. The third-order valence-electron chi connectivity index (χ3n) is 5.07. The normalized spacial score (nSPS) is 12.0. The summed E-state index contributed by atoms with van der Waals surface area (Å²) in [5, 5.41) is 2.65. The topological polar surface area (TPSA) is 154 Å². The van der Waals surface area contributed by atoms with Gasteiger partial charge >= 0.3 is 17.1 Å². The fraction of sp³-hybridized carbons (Fsp3) is 0.458. The summed E-state index contributed by atoms with van der Waals surface area (Å²) < 4.78 is 117. The summed E-state index contributed by atoms with van der Waals surface area (Å²) in [6.07, 6.45) is 11.7. The van der Waals surface area contributed by atoms with E-state index in [1.165, 1.54) is 11.6 Å². The molecule has 0 aliphatic carbocycles. The monoisotopic (exact) mass is 662 g/mol. The SMILES string of the molecule is CCCc1ccc[n+](CCCCCCOC(=O)Nc2ccc(N=C=O)cc2)c1.O=S(=O)([N-]S(=O)(=O)C(F)(F)F)C(F)(F)F. The summed E-state index contributed by atoms with van der Waals surface area (Å²) in [5.74, 6) is 0. The highest BCUT2D eigenvalue weighted by Gasteiger charge is 2.46. The van der Waals surface area contributed by atoms with Gasteiger partial charge in [0.1, 0.15) is 6.54 Å². The first kappa shape index (κ1) is 37.5. The van der Waals surface area contributed by atoms with Crippen LogP contribution in [0.5, 0.6) is 0 Å². The van der Waals surface area contributed by atoms with Crippen molar-refractivity contribution < 1.29 is 62.1 Å². The molecule has 0 aliphatic rings. The number of alkyl halides is 6. The van der Waals surface area contributed by atoms with Crippen molar-refractivity contribution in [2.75, 3.05) is 11.9 Å². The lowest BCUT2D eigenvalue weighted by molar-refractivity contribution is -0.697. The predicted octanol–water partition coefficient (Wildman–Crippen LogP) is 5.76. The summed E-state index contributed by atoms with van der Waals surface area (Å²) in [5.41, 5.74) is -9.94. The zero-order chi connectivity index (χ0) is 32.7. The van der Waals surface area contributed by atoms with E-state index in [-0.39, 0.29) is 0 Å². The average Bonchev–Trinajstić information content (AvgIpc) is 2.88. The summed E-state index contributed by atoms with van der Waals surface area (Å²) >= 11 is 0. The molecule has 0 atom stereocenters. The smallest absolute Gasteiger partial charge is 0.449 e. The summed E-state index contributed by atoms with van der Waals surface area (Å²) in [6.45, 7) is 3.61. The number of hydrogen-bond acceptors (Lipinski definition) is 8. The van der Waals surface area contributed by atoms with Gasteiger partial charge in [-0.25, -0.2) is 31.0 Å². The molecule has 43 heavy (non-hydrogen) atoms. The molecular formula is C24H28F6N4O7S2. The van der Waals surface area contributed by atoms with E-state index in [2.05, 4.69) is 46.3 Å². The van der Waals surface area contributed by atoms with Crippen LogP contribution in [0.25, 0.3) is 4.13 Å². The fourth-order valence-corrected chi connectivity index (χ4v) is 4.82. The Balaban J connectivity index is 0.000000523. The molecule has 0 bridgehead atoms. The second-order valence-electron chi connectivity index (χ2n) is 8.54. The molecule has 0 unspecified atom stereocenters. The minimum atomic E-state index is -6.72. The molecule has 1 N–H and O–H groups in total. The van der Waals surface area contributed by atoms with Crippen LogP contribution >= 0.6 is 0 Å². The number of ether oxygens (including phenoxy) is 1. The van der Waals surface area contributed by atoms with Crippen molar-refractivity contribution in [2.24, 2.45) is 4.99 Å². The molecule has 240 valence electrons. The Morgan fingerprint density at radius 1 is 0.953 bits per heavy atom. The molecule has 0 spiro atoms. The Kier molecular flexibility index (Phi) is 14.8. The van der Waals surface area contributed by atoms with Gasteiger partial charge in [-0.3, -0.25) is 5.32 Å². The van der Waals surface area contributed by atoms with Gasteiger partial charge in [-0.2, -0.15) is 31.3 Å². The van der Waals surface area contributed by atoms with Gasteiger partial charge in [0.15, 0.2) is 32.4 Å². The number of anilines is 1. The number of pyridine rings is 1. The van der Waals surface area contributed by atoms with Crippen molar-refractivity contribution in [1.29, 1.82) is 0 Å². The first-order chi connectivity index (χ1) is 19.9. The molecule has 2 aromatic rings. The zero-order valence-corrected chi connectivity index (χ0v) is 24.2. The Bertz CT molecular complexity index is 1400.